The number of thiophene rings is 1. The number of carbonyl (C=O) groups excluding carboxylic acids is 1. The highest BCUT2D eigenvalue weighted by Crippen LogP contribution is 2.10. The molecule has 1 fully saturated rings. The average Bonchev–Trinajstić information content (AvgIpc) is 2.83. The van der Waals surface area contributed by atoms with Crippen molar-refractivity contribution in [1.82, 2.24) is 10.2 Å². The number of hydrogen-bond donors (Lipinski definition) is 2. The van der Waals surface area contributed by atoms with Crippen LogP contribution in [0.25, 0.3) is 0 Å². The summed E-state index contributed by atoms with van der Waals surface area (Å²) in [6.07, 6.45) is 3.10. The number of urea groups is 1. The zero-order valence-electron chi connectivity index (χ0n) is 9.89. The topological polar surface area (TPSA) is 58.4 Å². The van der Waals surface area contributed by atoms with E-state index in [0.717, 1.165) is 38.9 Å². The predicted octanol–water partition coefficient (Wildman–Crippen LogP) is 1.42. The summed E-state index contributed by atoms with van der Waals surface area (Å²) >= 11 is 1.74. The molecule has 0 bridgehead atoms. The van der Waals surface area contributed by atoms with Crippen molar-refractivity contribution in [3.63, 3.8) is 0 Å². The number of primary amides is 1. The highest BCUT2D eigenvalue weighted by atomic mass is 32.1. The number of likely N-dealkylation sites (tertiary alicyclic amines) is 1. The van der Waals surface area contributed by atoms with Crippen LogP contribution in [0.3, 0.4) is 0 Å². The van der Waals surface area contributed by atoms with E-state index in [9.17, 15) is 4.79 Å². The summed E-state index contributed by atoms with van der Waals surface area (Å²) in [6.45, 7) is 2.58. The first-order chi connectivity index (χ1) is 8.25. The summed E-state index contributed by atoms with van der Waals surface area (Å²) in [6, 6.07) is 2.41. The Hall–Kier alpha value is -1.07. The third kappa shape index (κ3) is 3.71. The van der Waals surface area contributed by atoms with Crippen LogP contribution < -0.4 is 11.1 Å². The number of nitrogens with one attached hydrogen (secondary N) is 1. The molecule has 1 aromatic rings. The minimum Gasteiger partial charge on any atom is -0.351 e. The fourth-order valence-corrected chi connectivity index (χ4v) is 2.86. The third-order valence-corrected chi connectivity index (χ3v) is 3.97. The zero-order chi connectivity index (χ0) is 12.1. The Morgan fingerprint density at radius 1 is 1.53 bits per heavy atom. The van der Waals surface area contributed by atoms with Crippen molar-refractivity contribution in [2.24, 2.45) is 5.73 Å². The fourth-order valence-electron chi connectivity index (χ4n) is 2.16. The third-order valence-electron chi connectivity index (χ3n) is 3.23. The molecule has 0 radical (unpaired) electrons. The summed E-state index contributed by atoms with van der Waals surface area (Å²) in [4.78, 5) is 12.7. The number of piperidine rings is 1. The Morgan fingerprint density at radius 3 is 2.88 bits per heavy atom. The summed E-state index contributed by atoms with van der Waals surface area (Å²) in [5.41, 5.74) is 6.64. The molecule has 1 aliphatic heterocycles. The molecule has 5 heteroatoms. The van der Waals surface area contributed by atoms with Gasteiger partial charge in [-0.15, -0.1) is 0 Å². The second kappa shape index (κ2) is 6.02. The van der Waals surface area contributed by atoms with Gasteiger partial charge >= 0.3 is 6.03 Å². The molecule has 1 aromatic heterocycles. The lowest BCUT2D eigenvalue weighted by Gasteiger charge is -2.31. The van der Waals surface area contributed by atoms with Gasteiger partial charge < -0.3 is 16.0 Å². The normalized spacial score (nSPS) is 17.3. The molecule has 0 spiro atoms. The Balaban J connectivity index is 1.63. The van der Waals surface area contributed by atoms with E-state index in [1.165, 1.54) is 5.56 Å². The van der Waals surface area contributed by atoms with Crippen LogP contribution in [0.5, 0.6) is 0 Å². The first-order valence-corrected chi connectivity index (χ1v) is 6.99. The maximum Gasteiger partial charge on any atom is 0.314 e. The van der Waals surface area contributed by atoms with Crippen LogP contribution in [0.1, 0.15) is 18.4 Å². The highest BCUT2D eigenvalue weighted by Gasteiger charge is 2.20. The van der Waals surface area contributed by atoms with Gasteiger partial charge in [0.05, 0.1) is 0 Å². The van der Waals surface area contributed by atoms with Gasteiger partial charge in [-0.3, -0.25) is 0 Å². The van der Waals surface area contributed by atoms with Gasteiger partial charge in [0.25, 0.3) is 0 Å². The van der Waals surface area contributed by atoms with E-state index in [4.69, 9.17) is 5.73 Å². The number of nitrogens with zero attached hydrogens (tertiary/aromatic N) is 1. The molecule has 17 heavy (non-hydrogen) atoms. The minimum absolute atomic E-state index is 0.290. The molecule has 0 atom stereocenters. The molecule has 3 N–H and O–H groups in total. The molecule has 0 unspecified atom stereocenters. The second-order valence-corrected chi connectivity index (χ2v) is 5.22. The van der Waals surface area contributed by atoms with Gasteiger partial charge in [0, 0.05) is 19.1 Å². The van der Waals surface area contributed by atoms with Crippen LogP contribution in [0.15, 0.2) is 16.8 Å². The van der Waals surface area contributed by atoms with Gasteiger partial charge in [-0.2, -0.15) is 11.3 Å². The zero-order valence-corrected chi connectivity index (χ0v) is 10.7. The van der Waals surface area contributed by atoms with Gasteiger partial charge in [0.2, 0.25) is 0 Å². The molecular formula is C12H19N3OS. The van der Waals surface area contributed by atoms with Gasteiger partial charge in [-0.05, 0) is 48.2 Å². The van der Waals surface area contributed by atoms with E-state index in [-0.39, 0.29) is 6.03 Å². The van der Waals surface area contributed by atoms with Gasteiger partial charge in [0.15, 0.2) is 0 Å². The first kappa shape index (κ1) is 12.4. The summed E-state index contributed by atoms with van der Waals surface area (Å²) < 4.78 is 0. The standard InChI is InChI=1S/C12H19N3OS/c13-12(16)15-6-2-11(3-7-15)14-5-1-10-4-8-17-9-10/h4,8-9,11,14H,1-3,5-7H2,(H2,13,16). The van der Waals surface area contributed by atoms with Crippen LogP contribution in [0, 0.1) is 0 Å². The Labute approximate surface area is 106 Å². The summed E-state index contributed by atoms with van der Waals surface area (Å²) in [7, 11) is 0. The Kier molecular flexibility index (Phi) is 4.39. The monoisotopic (exact) mass is 253 g/mol. The Bertz CT molecular complexity index is 345. The van der Waals surface area contributed by atoms with Crippen molar-refractivity contribution in [2.45, 2.75) is 25.3 Å². The van der Waals surface area contributed by atoms with Crippen molar-refractivity contribution >= 4 is 17.4 Å². The van der Waals surface area contributed by atoms with E-state index >= 15 is 0 Å². The van der Waals surface area contributed by atoms with Crippen molar-refractivity contribution in [3.8, 4) is 0 Å². The summed E-state index contributed by atoms with van der Waals surface area (Å²) in [5.74, 6) is 0. The Morgan fingerprint density at radius 2 is 2.29 bits per heavy atom. The second-order valence-electron chi connectivity index (χ2n) is 4.44. The molecule has 1 aliphatic rings. The lowest BCUT2D eigenvalue weighted by atomic mass is 10.1. The number of amides is 2. The van der Waals surface area contributed by atoms with Crippen molar-refractivity contribution in [3.05, 3.63) is 22.4 Å². The van der Waals surface area contributed by atoms with Crippen LogP contribution >= 0.6 is 11.3 Å². The first-order valence-electron chi connectivity index (χ1n) is 6.04. The maximum atomic E-state index is 11.0. The largest absolute Gasteiger partial charge is 0.351 e. The van der Waals surface area contributed by atoms with Gasteiger partial charge in [-0.25, -0.2) is 4.79 Å². The lowest BCUT2D eigenvalue weighted by molar-refractivity contribution is 0.185. The molecule has 94 valence electrons. The smallest absolute Gasteiger partial charge is 0.314 e. The molecule has 4 nitrogen and oxygen atoms in total. The van der Waals surface area contributed by atoms with E-state index in [1.54, 1.807) is 16.2 Å². The molecule has 2 heterocycles. The van der Waals surface area contributed by atoms with Gasteiger partial charge in [-0.1, -0.05) is 0 Å². The van der Waals surface area contributed by atoms with Crippen molar-refractivity contribution in [2.75, 3.05) is 19.6 Å². The van der Waals surface area contributed by atoms with Crippen LogP contribution in [-0.2, 0) is 6.42 Å². The highest BCUT2D eigenvalue weighted by molar-refractivity contribution is 7.07. The number of nitrogens with two attached hydrogens (primary N) is 1. The average molecular weight is 253 g/mol. The van der Waals surface area contributed by atoms with E-state index in [0.29, 0.717) is 6.04 Å². The van der Waals surface area contributed by atoms with E-state index in [2.05, 4.69) is 22.1 Å². The van der Waals surface area contributed by atoms with Crippen LogP contribution in [-0.4, -0.2) is 36.6 Å². The van der Waals surface area contributed by atoms with E-state index < -0.39 is 0 Å². The number of carbonyl (C=O) groups is 1. The molecule has 0 aromatic carbocycles. The number of rotatable bonds is 4. The molecule has 0 saturated carbocycles. The van der Waals surface area contributed by atoms with E-state index in [1.807, 2.05) is 0 Å². The maximum absolute atomic E-state index is 11.0. The number of hydrogen-bond acceptors (Lipinski definition) is 3. The molecule has 2 rings (SSSR count). The minimum atomic E-state index is -0.290. The predicted molar refractivity (Wildman–Crippen MR) is 70.2 cm³/mol. The van der Waals surface area contributed by atoms with Gasteiger partial charge in [0.1, 0.15) is 0 Å². The molecular weight excluding hydrogens is 234 g/mol. The van der Waals surface area contributed by atoms with Crippen molar-refractivity contribution < 1.29 is 4.79 Å². The van der Waals surface area contributed by atoms with Crippen LogP contribution in [0.2, 0.25) is 0 Å². The summed E-state index contributed by atoms with van der Waals surface area (Å²) in [5, 5.41) is 7.85. The molecule has 2 amide bonds. The molecule has 1 saturated heterocycles. The van der Waals surface area contributed by atoms with Crippen molar-refractivity contribution in [1.29, 1.82) is 0 Å². The quantitative estimate of drug-likeness (QED) is 0.852. The SMILES string of the molecule is NC(=O)N1CCC(NCCc2ccsc2)CC1. The van der Waals surface area contributed by atoms with Crippen LogP contribution in [0.4, 0.5) is 4.79 Å². The fraction of sp³-hybridized carbons (Fsp3) is 0.583. The lowest BCUT2D eigenvalue weighted by Crippen LogP contribution is -2.47. The molecule has 0 aliphatic carbocycles.